The van der Waals surface area contributed by atoms with E-state index in [1.54, 1.807) is 6.07 Å². The highest BCUT2D eigenvalue weighted by molar-refractivity contribution is 6.01. The molecule has 2 aromatic rings. The zero-order valence-electron chi connectivity index (χ0n) is 8.61. The minimum absolute atomic E-state index is 0.173. The molecule has 80 valence electrons. The summed E-state index contributed by atoms with van der Waals surface area (Å²) in [6, 6.07) is 5.45. The third-order valence-electron chi connectivity index (χ3n) is 2.20. The molecule has 2 rings (SSSR count). The summed E-state index contributed by atoms with van der Waals surface area (Å²) >= 11 is 0. The van der Waals surface area contributed by atoms with Crippen LogP contribution in [0.25, 0.3) is 11.0 Å². The van der Waals surface area contributed by atoms with Gasteiger partial charge in [0.15, 0.2) is 0 Å². The molecule has 6 heteroatoms. The number of carbonyl (C=O) groups excluding carboxylic acids is 1. The van der Waals surface area contributed by atoms with Crippen molar-refractivity contribution in [3.05, 3.63) is 17.7 Å². The molecule has 16 heavy (non-hydrogen) atoms. The van der Waals surface area contributed by atoms with E-state index in [-0.39, 0.29) is 12.3 Å². The zero-order chi connectivity index (χ0) is 11.5. The molecule has 0 saturated heterocycles. The molecule has 2 N–H and O–H groups in total. The molecule has 1 amide bonds. The van der Waals surface area contributed by atoms with Gasteiger partial charge in [-0.1, -0.05) is 6.07 Å². The number of nitriles is 1. The van der Waals surface area contributed by atoms with Crippen LogP contribution in [-0.2, 0) is 4.79 Å². The van der Waals surface area contributed by atoms with Gasteiger partial charge in [0.25, 0.3) is 0 Å². The van der Waals surface area contributed by atoms with Crippen LogP contribution in [-0.4, -0.2) is 21.3 Å². The predicted octanol–water partition coefficient (Wildman–Crippen LogP) is 1.12. The van der Waals surface area contributed by atoms with Gasteiger partial charge in [-0.3, -0.25) is 4.79 Å². The molecule has 0 bridgehead atoms. The van der Waals surface area contributed by atoms with E-state index in [2.05, 4.69) is 20.7 Å². The van der Waals surface area contributed by atoms with Gasteiger partial charge in [-0.2, -0.15) is 20.7 Å². The maximum Gasteiger partial charge on any atom is 0.238 e. The number of carbonyl (C=O) groups is 1. The number of nitrogens with one attached hydrogen (secondary N) is 2. The Morgan fingerprint density at radius 3 is 3.12 bits per heavy atom. The number of anilines is 1. The Hall–Kier alpha value is -2.42. The molecule has 0 aliphatic rings. The number of amides is 1. The Kier molecular flexibility index (Phi) is 2.52. The Morgan fingerprint density at radius 1 is 1.56 bits per heavy atom. The maximum atomic E-state index is 11.3. The first-order valence-electron chi connectivity index (χ1n) is 4.69. The quantitative estimate of drug-likeness (QED) is 0.784. The Balaban J connectivity index is 2.42. The fourth-order valence-corrected chi connectivity index (χ4v) is 1.43. The molecule has 0 radical (unpaired) electrons. The number of hydrogen-bond acceptors (Lipinski definition) is 4. The van der Waals surface area contributed by atoms with Crippen LogP contribution in [0.2, 0.25) is 0 Å². The van der Waals surface area contributed by atoms with Crippen molar-refractivity contribution in [3.8, 4) is 6.07 Å². The second kappa shape index (κ2) is 3.98. The monoisotopic (exact) mass is 215 g/mol. The van der Waals surface area contributed by atoms with Crippen LogP contribution in [0.3, 0.4) is 0 Å². The van der Waals surface area contributed by atoms with Gasteiger partial charge in [-0.15, -0.1) is 0 Å². The molecule has 6 nitrogen and oxygen atoms in total. The normalized spacial score (nSPS) is 10.0. The van der Waals surface area contributed by atoms with Crippen molar-refractivity contribution in [1.82, 2.24) is 15.4 Å². The van der Waals surface area contributed by atoms with Gasteiger partial charge < -0.3 is 5.32 Å². The molecule has 0 aliphatic heterocycles. The highest BCUT2D eigenvalue weighted by Crippen LogP contribution is 2.23. The van der Waals surface area contributed by atoms with E-state index in [1.165, 1.54) is 0 Å². The second-order valence-electron chi connectivity index (χ2n) is 3.33. The molecule has 1 aromatic carbocycles. The topological polar surface area (TPSA) is 94.5 Å². The van der Waals surface area contributed by atoms with Crippen LogP contribution in [0, 0.1) is 18.3 Å². The lowest BCUT2D eigenvalue weighted by Gasteiger charge is -2.06. The molecular formula is C10H9N5O. The molecule has 0 atom stereocenters. The summed E-state index contributed by atoms with van der Waals surface area (Å²) in [6.07, 6.45) is -0.173. The predicted molar refractivity (Wildman–Crippen MR) is 57.5 cm³/mol. The lowest BCUT2D eigenvalue weighted by Crippen LogP contribution is -2.11. The van der Waals surface area contributed by atoms with Crippen molar-refractivity contribution < 1.29 is 4.79 Å². The third kappa shape index (κ3) is 1.70. The largest absolute Gasteiger partial charge is 0.323 e. The minimum atomic E-state index is -0.346. The van der Waals surface area contributed by atoms with E-state index in [9.17, 15) is 4.79 Å². The van der Waals surface area contributed by atoms with Gasteiger partial charge in [-0.05, 0) is 18.6 Å². The zero-order valence-corrected chi connectivity index (χ0v) is 8.61. The highest BCUT2D eigenvalue weighted by atomic mass is 16.1. The van der Waals surface area contributed by atoms with Gasteiger partial charge >= 0.3 is 0 Å². The van der Waals surface area contributed by atoms with Crippen molar-refractivity contribution in [2.75, 3.05) is 5.32 Å². The van der Waals surface area contributed by atoms with Crippen LogP contribution in [0.5, 0.6) is 0 Å². The van der Waals surface area contributed by atoms with Crippen molar-refractivity contribution in [3.63, 3.8) is 0 Å². The van der Waals surface area contributed by atoms with Crippen molar-refractivity contribution in [1.29, 1.82) is 5.26 Å². The first kappa shape index (κ1) is 10.1. The van der Waals surface area contributed by atoms with Crippen LogP contribution in [0.15, 0.2) is 12.1 Å². The lowest BCUT2D eigenvalue weighted by atomic mass is 10.1. The fourth-order valence-electron chi connectivity index (χ4n) is 1.43. The van der Waals surface area contributed by atoms with E-state index in [1.807, 2.05) is 19.1 Å². The molecule has 0 unspecified atom stereocenters. The van der Waals surface area contributed by atoms with Crippen LogP contribution in [0.4, 0.5) is 5.69 Å². The summed E-state index contributed by atoms with van der Waals surface area (Å²) in [7, 11) is 0. The highest BCUT2D eigenvalue weighted by Gasteiger charge is 2.10. The molecule has 0 saturated carbocycles. The van der Waals surface area contributed by atoms with Gasteiger partial charge in [0.2, 0.25) is 5.91 Å². The average molecular weight is 215 g/mol. The third-order valence-corrected chi connectivity index (χ3v) is 2.20. The van der Waals surface area contributed by atoms with Crippen molar-refractivity contribution in [2.45, 2.75) is 13.3 Å². The van der Waals surface area contributed by atoms with E-state index >= 15 is 0 Å². The number of nitrogens with zero attached hydrogens (tertiary/aromatic N) is 3. The van der Waals surface area contributed by atoms with Gasteiger partial charge in [0.05, 0.1) is 11.8 Å². The first-order chi connectivity index (χ1) is 7.72. The number of aryl methyl sites for hydroxylation is 1. The Bertz CT molecular complexity index is 580. The summed E-state index contributed by atoms with van der Waals surface area (Å²) in [6.45, 7) is 1.86. The number of aromatic nitrogens is 3. The lowest BCUT2D eigenvalue weighted by molar-refractivity contribution is -0.115. The van der Waals surface area contributed by atoms with Gasteiger partial charge in [-0.25, -0.2) is 0 Å². The summed E-state index contributed by atoms with van der Waals surface area (Å²) in [5.74, 6) is -0.346. The minimum Gasteiger partial charge on any atom is -0.323 e. The van der Waals surface area contributed by atoms with Crippen LogP contribution < -0.4 is 5.32 Å². The number of rotatable bonds is 2. The maximum absolute atomic E-state index is 11.3. The number of fused-ring (bicyclic) bond motifs is 1. The molecule has 0 aliphatic carbocycles. The second-order valence-corrected chi connectivity index (χ2v) is 3.33. The SMILES string of the molecule is Cc1ccc2n[nH]nc2c1NC(=O)CC#N. The molecular weight excluding hydrogens is 206 g/mol. The summed E-state index contributed by atoms with van der Waals surface area (Å²) in [5, 5.41) is 21.4. The molecule has 1 heterocycles. The smallest absolute Gasteiger partial charge is 0.238 e. The number of benzene rings is 1. The van der Waals surface area contributed by atoms with Gasteiger partial charge in [0, 0.05) is 0 Å². The average Bonchev–Trinajstić information content (AvgIpc) is 2.71. The van der Waals surface area contributed by atoms with Crippen LogP contribution in [0.1, 0.15) is 12.0 Å². The summed E-state index contributed by atoms with van der Waals surface area (Å²) < 4.78 is 0. The van der Waals surface area contributed by atoms with Crippen molar-refractivity contribution >= 4 is 22.6 Å². The van der Waals surface area contributed by atoms with E-state index in [0.717, 1.165) is 5.56 Å². The standard InChI is InChI=1S/C10H9N5O/c1-6-2-3-7-10(14-15-13-7)9(6)12-8(16)4-5-11/h2-3H,4H2,1H3,(H,12,16)(H,13,14,15). The van der Waals surface area contributed by atoms with Gasteiger partial charge in [0.1, 0.15) is 17.5 Å². The Labute approximate surface area is 91.3 Å². The summed E-state index contributed by atoms with van der Waals surface area (Å²) in [4.78, 5) is 11.3. The number of aromatic amines is 1. The molecule has 0 spiro atoms. The Morgan fingerprint density at radius 2 is 2.38 bits per heavy atom. The van der Waals surface area contributed by atoms with E-state index < -0.39 is 0 Å². The van der Waals surface area contributed by atoms with E-state index in [4.69, 9.17) is 5.26 Å². The van der Waals surface area contributed by atoms with E-state index in [0.29, 0.717) is 16.7 Å². The van der Waals surface area contributed by atoms with Crippen molar-refractivity contribution in [2.24, 2.45) is 0 Å². The van der Waals surface area contributed by atoms with Crippen LogP contribution >= 0.6 is 0 Å². The number of H-pyrrole nitrogens is 1. The summed E-state index contributed by atoms with van der Waals surface area (Å²) in [5.41, 5.74) is 2.77. The fraction of sp³-hybridized carbons (Fsp3) is 0.200. The number of hydrogen-bond donors (Lipinski definition) is 2. The molecule has 1 aromatic heterocycles. The first-order valence-corrected chi connectivity index (χ1v) is 4.69. The molecule has 0 fully saturated rings.